The van der Waals surface area contributed by atoms with E-state index in [9.17, 15) is 4.39 Å². The molecule has 0 saturated heterocycles. The number of nitrogens with zero attached hydrogens (tertiary/aromatic N) is 1. The largest absolute Gasteiger partial charge is 0.496 e. The molecule has 1 rings (SSSR count). The van der Waals surface area contributed by atoms with Crippen LogP contribution in [0.15, 0.2) is 18.2 Å². The fourth-order valence-corrected chi connectivity index (χ4v) is 1.80. The maximum Gasteiger partial charge on any atom is 0.123 e. The van der Waals surface area contributed by atoms with Crippen LogP contribution < -0.4 is 4.74 Å². The van der Waals surface area contributed by atoms with Gasteiger partial charge < -0.3 is 9.64 Å². The van der Waals surface area contributed by atoms with Crippen molar-refractivity contribution in [3.05, 3.63) is 29.6 Å². The minimum Gasteiger partial charge on any atom is -0.496 e. The third-order valence-corrected chi connectivity index (χ3v) is 2.64. The van der Waals surface area contributed by atoms with Crippen LogP contribution in [0.5, 0.6) is 5.75 Å². The fraction of sp³-hybridized carbons (Fsp3) is 0.500. The van der Waals surface area contributed by atoms with Gasteiger partial charge in [0, 0.05) is 19.0 Å². The average Bonchev–Trinajstić information content (AvgIpc) is 2.27. The van der Waals surface area contributed by atoms with Gasteiger partial charge in [-0.3, -0.25) is 0 Å². The molecule has 1 aromatic carbocycles. The molecule has 0 atom stereocenters. The Bertz CT molecular complexity index is 333. The molecule has 4 heteroatoms. The van der Waals surface area contributed by atoms with Crippen LogP contribution in [-0.4, -0.2) is 38.0 Å². The summed E-state index contributed by atoms with van der Waals surface area (Å²) in [6.07, 6.45) is 0.758. The van der Waals surface area contributed by atoms with E-state index in [0.717, 1.165) is 30.8 Å². The lowest BCUT2D eigenvalue weighted by atomic mass is 10.1. The first-order valence-electron chi connectivity index (χ1n) is 5.24. The van der Waals surface area contributed by atoms with Crippen LogP contribution in [0.2, 0.25) is 0 Å². The van der Waals surface area contributed by atoms with E-state index in [1.165, 1.54) is 12.1 Å². The molecule has 16 heavy (non-hydrogen) atoms. The van der Waals surface area contributed by atoms with Crippen LogP contribution in [0.1, 0.15) is 5.56 Å². The van der Waals surface area contributed by atoms with Crippen molar-refractivity contribution in [1.29, 1.82) is 0 Å². The average molecular weight is 246 g/mol. The highest BCUT2D eigenvalue weighted by atomic mass is 35.5. The molecule has 0 radical (unpaired) electrons. The molecule has 0 N–H and O–H groups in total. The zero-order chi connectivity index (χ0) is 12.0. The second-order valence-electron chi connectivity index (χ2n) is 3.70. The Hall–Kier alpha value is -0.800. The molecule has 0 aliphatic carbocycles. The van der Waals surface area contributed by atoms with Crippen LogP contribution in [0.4, 0.5) is 4.39 Å². The van der Waals surface area contributed by atoms with Crippen molar-refractivity contribution in [3.8, 4) is 5.75 Å². The van der Waals surface area contributed by atoms with E-state index in [4.69, 9.17) is 16.3 Å². The minimum absolute atomic E-state index is 0.226. The molecule has 0 spiro atoms. The number of rotatable bonds is 6. The Morgan fingerprint density at radius 2 is 2.12 bits per heavy atom. The van der Waals surface area contributed by atoms with Crippen LogP contribution in [0.25, 0.3) is 0 Å². The lowest BCUT2D eigenvalue weighted by Crippen LogP contribution is -2.23. The summed E-state index contributed by atoms with van der Waals surface area (Å²) in [5, 5.41) is 0. The van der Waals surface area contributed by atoms with Crippen molar-refractivity contribution < 1.29 is 9.13 Å². The minimum atomic E-state index is -0.226. The van der Waals surface area contributed by atoms with Gasteiger partial charge in [0.1, 0.15) is 11.6 Å². The first kappa shape index (κ1) is 13.3. The second kappa shape index (κ2) is 6.71. The number of methoxy groups -OCH3 is 1. The lowest BCUT2D eigenvalue weighted by Gasteiger charge is -2.16. The summed E-state index contributed by atoms with van der Waals surface area (Å²) in [7, 11) is 3.59. The van der Waals surface area contributed by atoms with Gasteiger partial charge in [0.05, 0.1) is 7.11 Å². The topological polar surface area (TPSA) is 12.5 Å². The molecule has 1 aromatic rings. The summed E-state index contributed by atoms with van der Waals surface area (Å²) in [5.41, 5.74) is 0.893. The summed E-state index contributed by atoms with van der Waals surface area (Å²) >= 11 is 5.64. The zero-order valence-corrected chi connectivity index (χ0v) is 10.4. The summed E-state index contributed by atoms with van der Waals surface area (Å²) in [6.45, 7) is 1.67. The van der Waals surface area contributed by atoms with E-state index in [0.29, 0.717) is 5.88 Å². The number of ether oxygens (including phenoxy) is 1. The van der Waals surface area contributed by atoms with Crippen molar-refractivity contribution in [2.45, 2.75) is 6.42 Å². The number of hydrogen-bond acceptors (Lipinski definition) is 2. The molecule has 0 amide bonds. The molecule has 0 aliphatic rings. The van der Waals surface area contributed by atoms with Crippen LogP contribution in [0.3, 0.4) is 0 Å². The maximum absolute atomic E-state index is 13.1. The molecule has 0 saturated carbocycles. The zero-order valence-electron chi connectivity index (χ0n) is 9.67. The Kier molecular flexibility index (Phi) is 5.56. The van der Waals surface area contributed by atoms with Gasteiger partial charge in [-0.15, -0.1) is 11.6 Å². The molecular formula is C12H17ClFNO. The van der Waals surface area contributed by atoms with Crippen LogP contribution >= 0.6 is 11.6 Å². The summed E-state index contributed by atoms with van der Waals surface area (Å²) < 4.78 is 18.2. The number of benzene rings is 1. The molecule has 0 aliphatic heterocycles. The van der Waals surface area contributed by atoms with Crippen molar-refractivity contribution >= 4 is 11.6 Å². The van der Waals surface area contributed by atoms with Crippen molar-refractivity contribution in [1.82, 2.24) is 4.90 Å². The molecule has 90 valence electrons. The Labute approximate surface area is 101 Å². The summed E-state index contributed by atoms with van der Waals surface area (Å²) in [5.74, 6) is 1.12. The molecule has 0 aromatic heterocycles. The van der Waals surface area contributed by atoms with Crippen molar-refractivity contribution in [2.24, 2.45) is 0 Å². The highest BCUT2D eigenvalue weighted by molar-refractivity contribution is 6.18. The highest BCUT2D eigenvalue weighted by Gasteiger charge is 2.06. The van der Waals surface area contributed by atoms with Gasteiger partial charge in [0.25, 0.3) is 0 Å². The molecular weight excluding hydrogens is 229 g/mol. The first-order chi connectivity index (χ1) is 7.67. The number of likely N-dealkylation sites (N-methyl/N-ethyl adjacent to an activating group) is 1. The standard InChI is InChI=1S/C12H17ClFNO/c1-15(8-6-13)7-5-10-9-11(14)3-4-12(10)16-2/h3-4,9H,5-8H2,1-2H3. The molecule has 0 heterocycles. The van der Waals surface area contributed by atoms with Gasteiger partial charge in [-0.05, 0) is 37.2 Å². The predicted molar refractivity (Wildman–Crippen MR) is 64.9 cm³/mol. The van der Waals surface area contributed by atoms with E-state index < -0.39 is 0 Å². The highest BCUT2D eigenvalue weighted by Crippen LogP contribution is 2.19. The Morgan fingerprint density at radius 1 is 1.38 bits per heavy atom. The maximum atomic E-state index is 13.1. The third kappa shape index (κ3) is 3.99. The Balaban J connectivity index is 2.61. The van der Waals surface area contributed by atoms with Crippen LogP contribution in [0, 0.1) is 5.82 Å². The first-order valence-corrected chi connectivity index (χ1v) is 5.77. The van der Waals surface area contributed by atoms with Gasteiger partial charge in [-0.25, -0.2) is 4.39 Å². The summed E-state index contributed by atoms with van der Waals surface area (Å²) in [4.78, 5) is 2.11. The van der Waals surface area contributed by atoms with Gasteiger partial charge in [0.15, 0.2) is 0 Å². The smallest absolute Gasteiger partial charge is 0.123 e. The van der Waals surface area contributed by atoms with Gasteiger partial charge >= 0.3 is 0 Å². The quantitative estimate of drug-likeness (QED) is 0.715. The lowest BCUT2D eigenvalue weighted by molar-refractivity contribution is 0.353. The van der Waals surface area contributed by atoms with E-state index in [-0.39, 0.29) is 5.82 Å². The van der Waals surface area contributed by atoms with Crippen LogP contribution in [-0.2, 0) is 6.42 Å². The summed E-state index contributed by atoms with van der Waals surface area (Å²) in [6, 6.07) is 4.59. The molecule has 2 nitrogen and oxygen atoms in total. The third-order valence-electron chi connectivity index (χ3n) is 2.47. The number of halogens is 2. The van der Waals surface area contributed by atoms with E-state index in [2.05, 4.69) is 4.90 Å². The monoisotopic (exact) mass is 245 g/mol. The van der Waals surface area contributed by atoms with E-state index in [1.54, 1.807) is 13.2 Å². The fourth-order valence-electron chi connectivity index (χ4n) is 1.51. The number of hydrogen-bond donors (Lipinski definition) is 0. The van der Waals surface area contributed by atoms with Gasteiger partial charge in [-0.2, -0.15) is 0 Å². The van der Waals surface area contributed by atoms with Crippen molar-refractivity contribution in [3.63, 3.8) is 0 Å². The van der Waals surface area contributed by atoms with E-state index in [1.807, 2.05) is 7.05 Å². The predicted octanol–water partition coefficient (Wildman–Crippen LogP) is 2.55. The molecule has 0 bridgehead atoms. The van der Waals surface area contributed by atoms with E-state index >= 15 is 0 Å². The second-order valence-corrected chi connectivity index (χ2v) is 4.08. The van der Waals surface area contributed by atoms with Crippen molar-refractivity contribution in [2.75, 3.05) is 33.1 Å². The normalized spacial score (nSPS) is 10.8. The SMILES string of the molecule is COc1ccc(F)cc1CCN(C)CCCl. The Morgan fingerprint density at radius 3 is 2.75 bits per heavy atom. The molecule has 0 fully saturated rings. The number of alkyl halides is 1. The van der Waals surface area contributed by atoms with Gasteiger partial charge in [-0.1, -0.05) is 0 Å². The van der Waals surface area contributed by atoms with Gasteiger partial charge in [0.2, 0.25) is 0 Å². The molecule has 0 unspecified atom stereocenters.